The molecular weight excluding hydrogens is 303 g/mol. The van der Waals surface area contributed by atoms with Gasteiger partial charge in [-0.05, 0) is 32.9 Å². The molecule has 2 rings (SSSR count). The summed E-state index contributed by atoms with van der Waals surface area (Å²) in [5, 5.41) is 12.6. The van der Waals surface area contributed by atoms with E-state index in [4.69, 9.17) is 9.47 Å². The molecule has 0 saturated carbocycles. The molecule has 0 bridgehead atoms. The quantitative estimate of drug-likeness (QED) is 0.903. The second-order valence-corrected chi connectivity index (χ2v) is 5.82. The first-order valence-corrected chi connectivity index (χ1v) is 7.01. The van der Waals surface area contributed by atoms with Crippen molar-refractivity contribution in [2.45, 2.75) is 32.9 Å². The number of nitrogens with zero attached hydrogens (tertiary/aromatic N) is 2. The van der Waals surface area contributed by atoms with Gasteiger partial charge in [-0.3, -0.25) is 5.10 Å². The van der Waals surface area contributed by atoms with Crippen LogP contribution in [-0.2, 0) is 11.3 Å². The Hall–Kier alpha value is -2.64. The van der Waals surface area contributed by atoms with Crippen LogP contribution in [0.25, 0.3) is 11.3 Å². The van der Waals surface area contributed by atoms with E-state index in [0.717, 1.165) is 0 Å². The van der Waals surface area contributed by atoms with Gasteiger partial charge in [-0.2, -0.15) is 0 Å². The van der Waals surface area contributed by atoms with E-state index in [-0.39, 0.29) is 17.9 Å². The number of methoxy groups -OCH3 is 1. The molecule has 0 fully saturated rings. The molecule has 0 aliphatic rings. The number of aromatic nitrogens is 3. The number of hydrogen-bond acceptors (Lipinski definition) is 5. The van der Waals surface area contributed by atoms with Crippen LogP contribution < -0.4 is 10.1 Å². The van der Waals surface area contributed by atoms with Crippen LogP contribution in [-0.4, -0.2) is 34.2 Å². The van der Waals surface area contributed by atoms with Crippen LogP contribution in [0.2, 0.25) is 0 Å². The average Bonchev–Trinajstić information content (AvgIpc) is 2.97. The number of benzene rings is 1. The third-order valence-corrected chi connectivity index (χ3v) is 2.93. The first-order chi connectivity index (χ1) is 10.8. The molecule has 0 radical (unpaired) electrons. The topological polar surface area (TPSA) is 89.1 Å². The Balaban J connectivity index is 2.27. The summed E-state index contributed by atoms with van der Waals surface area (Å²) < 4.78 is 24.7. The number of halogens is 1. The molecule has 124 valence electrons. The summed E-state index contributed by atoms with van der Waals surface area (Å²) >= 11 is 0. The van der Waals surface area contributed by atoms with Crippen molar-refractivity contribution < 1.29 is 18.7 Å². The standard InChI is InChI=1S/C15H19FN4O3/c1-15(2,3)23-14(21)17-7-10-9(11-8-18-20-19-11)5-6-12(22-4)13(10)16/h5-6,8H,7H2,1-4H3,(H,17,21)(H,18,19,20). The molecule has 7 nitrogen and oxygen atoms in total. The second kappa shape index (κ2) is 6.64. The van der Waals surface area contributed by atoms with E-state index in [1.165, 1.54) is 19.4 Å². The Morgan fingerprint density at radius 2 is 2.13 bits per heavy atom. The molecule has 1 aromatic heterocycles. The molecule has 0 aliphatic carbocycles. The van der Waals surface area contributed by atoms with Crippen LogP contribution >= 0.6 is 0 Å². The van der Waals surface area contributed by atoms with Crippen molar-refractivity contribution in [3.05, 3.63) is 29.7 Å². The summed E-state index contributed by atoms with van der Waals surface area (Å²) in [6.45, 7) is 5.18. The van der Waals surface area contributed by atoms with Gasteiger partial charge in [0.15, 0.2) is 11.6 Å². The molecular formula is C15H19FN4O3. The molecule has 0 unspecified atom stereocenters. The maximum atomic E-state index is 14.5. The zero-order chi connectivity index (χ0) is 17.0. The number of H-pyrrole nitrogens is 1. The number of aromatic amines is 1. The Kier molecular flexibility index (Phi) is 4.83. The van der Waals surface area contributed by atoms with Gasteiger partial charge in [0, 0.05) is 17.7 Å². The zero-order valence-electron chi connectivity index (χ0n) is 13.4. The van der Waals surface area contributed by atoms with Gasteiger partial charge < -0.3 is 14.8 Å². The number of amides is 1. The van der Waals surface area contributed by atoms with E-state index < -0.39 is 17.5 Å². The van der Waals surface area contributed by atoms with Crippen LogP contribution in [0, 0.1) is 5.82 Å². The number of alkyl carbamates (subject to hydrolysis) is 1. The number of rotatable bonds is 4. The average molecular weight is 322 g/mol. The fraction of sp³-hybridized carbons (Fsp3) is 0.400. The molecule has 1 aromatic carbocycles. The highest BCUT2D eigenvalue weighted by Gasteiger charge is 2.20. The Morgan fingerprint density at radius 3 is 2.70 bits per heavy atom. The van der Waals surface area contributed by atoms with Crippen molar-refractivity contribution in [2.24, 2.45) is 0 Å². The predicted molar refractivity (Wildman–Crippen MR) is 81.4 cm³/mol. The molecule has 0 spiro atoms. The summed E-state index contributed by atoms with van der Waals surface area (Å²) in [4.78, 5) is 11.8. The van der Waals surface area contributed by atoms with Crippen molar-refractivity contribution in [1.82, 2.24) is 20.7 Å². The Morgan fingerprint density at radius 1 is 1.39 bits per heavy atom. The lowest BCUT2D eigenvalue weighted by Crippen LogP contribution is -2.32. The molecule has 1 heterocycles. The minimum atomic E-state index is -0.633. The highest BCUT2D eigenvalue weighted by atomic mass is 19.1. The van der Waals surface area contributed by atoms with Gasteiger partial charge >= 0.3 is 6.09 Å². The van der Waals surface area contributed by atoms with Crippen molar-refractivity contribution >= 4 is 6.09 Å². The lowest BCUT2D eigenvalue weighted by Gasteiger charge is -2.20. The predicted octanol–water partition coefficient (Wildman–Crippen LogP) is 2.64. The normalized spacial score (nSPS) is 11.2. The van der Waals surface area contributed by atoms with E-state index in [1.54, 1.807) is 26.8 Å². The van der Waals surface area contributed by atoms with Crippen LogP contribution in [0.3, 0.4) is 0 Å². The van der Waals surface area contributed by atoms with E-state index in [0.29, 0.717) is 11.3 Å². The Bertz CT molecular complexity index is 681. The van der Waals surface area contributed by atoms with Crippen molar-refractivity contribution in [2.75, 3.05) is 7.11 Å². The zero-order valence-corrected chi connectivity index (χ0v) is 13.4. The first kappa shape index (κ1) is 16.7. The number of carbonyl (C=O) groups excluding carboxylic acids is 1. The lowest BCUT2D eigenvalue weighted by molar-refractivity contribution is 0.0523. The van der Waals surface area contributed by atoms with Crippen molar-refractivity contribution in [3.63, 3.8) is 0 Å². The summed E-state index contributed by atoms with van der Waals surface area (Å²) in [6.07, 6.45) is 0.906. The van der Waals surface area contributed by atoms with Crippen LogP contribution in [0.1, 0.15) is 26.3 Å². The smallest absolute Gasteiger partial charge is 0.407 e. The first-order valence-electron chi connectivity index (χ1n) is 7.01. The molecule has 2 aromatic rings. The van der Waals surface area contributed by atoms with E-state index in [1.807, 2.05) is 0 Å². The molecule has 8 heteroatoms. The number of ether oxygens (including phenoxy) is 2. The van der Waals surface area contributed by atoms with Crippen molar-refractivity contribution in [1.29, 1.82) is 0 Å². The van der Waals surface area contributed by atoms with Gasteiger partial charge in [0.05, 0.1) is 13.3 Å². The highest BCUT2D eigenvalue weighted by Crippen LogP contribution is 2.29. The third kappa shape index (κ3) is 4.18. The summed E-state index contributed by atoms with van der Waals surface area (Å²) in [7, 11) is 1.37. The maximum Gasteiger partial charge on any atom is 0.407 e. The summed E-state index contributed by atoms with van der Waals surface area (Å²) in [5.74, 6) is -0.484. The van der Waals surface area contributed by atoms with Gasteiger partial charge in [0.1, 0.15) is 11.3 Å². The number of hydrogen-bond donors (Lipinski definition) is 2. The van der Waals surface area contributed by atoms with Crippen LogP contribution in [0.15, 0.2) is 18.3 Å². The molecule has 23 heavy (non-hydrogen) atoms. The molecule has 2 N–H and O–H groups in total. The van der Waals surface area contributed by atoms with E-state index in [2.05, 4.69) is 20.7 Å². The number of carbonyl (C=O) groups is 1. The maximum absolute atomic E-state index is 14.5. The second-order valence-electron chi connectivity index (χ2n) is 5.82. The fourth-order valence-corrected chi connectivity index (χ4v) is 1.98. The SMILES string of the molecule is COc1ccc(-c2c[nH]nn2)c(CNC(=O)OC(C)(C)C)c1F. The third-order valence-electron chi connectivity index (χ3n) is 2.93. The number of nitrogens with one attached hydrogen (secondary N) is 2. The molecule has 0 aliphatic heterocycles. The monoisotopic (exact) mass is 322 g/mol. The molecule has 0 atom stereocenters. The summed E-state index contributed by atoms with van der Waals surface area (Å²) in [5.41, 5.74) is 0.580. The van der Waals surface area contributed by atoms with Crippen molar-refractivity contribution in [3.8, 4) is 17.0 Å². The largest absolute Gasteiger partial charge is 0.494 e. The molecule has 1 amide bonds. The van der Waals surface area contributed by atoms with Gasteiger partial charge in [-0.25, -0.2) is 9.18 Å². The van der Waals surface area contributed by atoms with E-state index >= 15 is 0 Å². The minimum Gasteiger partial charge on any atom is -0.494 e. The molecule has 0 saturated heterocycles. The van der Waals surface area contributed by atoms with Gasteiger partial charge in [0.2, 0.25) is 0 Å². The van der Waals surface area contributed by atoms with Gasteiger partial charge in [0.25, 0.3) is 0 Å². The minimum absolute atomic E-state index is 0.0693. The lowest BCUT2D eigenvalue weighted by atomic mass is 10.0. The van der Waals surface area contributed by atoms with E-state index in [9.17, 15) is 9.18 Å². The van der Waals surface area contributed by atoms with Gasteiger partial charge in [-0.1, -0.05) is 5.21 Å². The Labute approximate surface area is 133 Å². The van der Waals surface area contributed by atoms with Crippen LogP contribution in [0.5, 0.6) is 5.75 Å². The highest BCUT2D eigenvalue weighted by molar-refractivity contribution is 5.69. The fourth-order valence-electron chi connectivity index (χ4n) is 1.98. The summed E-state index contributed by atoms with van der Waals surface area (Å²) in [6, 6.07) is 3.15. The van der Waals surface area contributed by atoms with Crippen LogP contribution in [0.4, 0.5) is 9.18 Å². The van der Waals surface area contributed by atoms with Gasteiger partial charge in [-0.15, -0.1) is 5.10 Å².